The van der Waals surface area contributed by atoms with Gasteiger partial charge >= 0.3 is 6.18 Å². The van der Waals surface area contributed by atoms with E-state index in [1.165, 1.54) is 24.5 Å². The van der Waals surface area contributed by atoms with Gasteiger partial charge in [0.05, 0.1) is 16.8 Å². The average Bonchev–Trinajstić information content (AvgIpc) is 3.21. The van der Waals surface area contributed by atoms with E-state index in [2.05, 4.69) is 5.32 Å². The Kier molecular flexibility index (Phi) is 6.32. The van der Waals surface area contributed by atoms with Gasteiger partial charge in [0.15, 0.2) is 5.76 Å². The van der Waals surface area contributed by atoms with Crippen LogP contribution in [-0.2, 0) is 11.0 Å². The van der Waals surface area contributed by atoms with Crippen molar-refractivity contribution >= 4 is 29.5 Å². The molecule has 1 aliphatic rings. The highest BCUT2D eigenvalue weighted by Crippen LogP contribution is 2.35. The normalized spacial score (nSPS) is 15.7. The van der Waals surface area contributed by atoms with Gasteiger partial charge in [-0.2, -0.15) is 13.2 Å². The molecule has 0 bridgehead atoms. The topological polar surface area (TPSA) is 62.6 Å². The van der Waals surface area contributed by atoms with Crippen LogP contribution in [0.5, 0.6) is 0 Å². The number of rotatable bonds is 4. The van der Waals surface area contributed by atoms with E-state index in [0.717, 1.165) is 12.1 Å². The van der Waals surface area contributed by atoms with Crippen molar-refractivity contribution in [2.45, 2.75) is 25.1 Å². The summed E-state index contributed by atoms with van der Waals surface area (Å²) in [5, 5.41) is 2.41. The van der Waals surface area contributed by atoms with Gasteiger partial charge in [-0.1, -0.05) is 17.7 Å². The molecule has 1 aromatic carbocycles. The number of hydrogen-bond acceptors (Lipinski definition) is 3. The first-order valence-corrected chi connectivity index (χ1v) is 9.30. The lowest BCUT2D eigenvalue weighted by Gasteiger charge is -2.31. The van der Waals surface area contributed by atoms with E-state index in [1.54, 1.807) is 17.0 Å². The highest BCUT2D eigenvalue weighted by Gasteiger charge is 2.33. The molecule has 1 N–H and O–H groups in total. The van der Waals surface area contributed by atoms with Crippen LogP contribution in [0.2, 0.25) is 5.02 Å². The molecule has 0 saturated carbocycles. The number of nitrogens with zero attached hydrogens (tertiary/aromatic N) is 1. The summed E-state index contributed by atoms with van der Waals surface area (Å²) in [7, 11) is 0. The predicted molar refractivity (Wildman–Crippen MR) is 101 cm³/mol. The Labute approximate surface area is 170 Å². The lowest BCUT2D eigenvalue weighted by atomic mass is 10.0. The van der Waals surface area contributed by atoms with E-state index in [9.17, 15) is 22.8 Å². The molecule has 2 aromatic rings. The summed E-state index contributed by atoms with van der Waals surface area (Å²) >= 11 is 5.58. The molecule has 5 nitrogen and oxygen atoms in total. The van der Waals surface area contributed by atoms with Crippen LogP contribution in [0.25, 0.3) is 6.08 Å². The second-order valence-electron chi connectivity index (χ2n) is 6.62. The van der Waals surface area contributed by atoms with Gasteiger partial charge in [-0.05, 0) is 48.7 Å². The highest BCUT2D eigenvalue weighted by atomic mass is 35.5. The monoisotopic (exact) mass is 426 g/mol. The first-order chi connectivity index (χ1) is 13.7. The van der Waals surface area contributed by atoms with Crippen molar-refractivity contribution in [3.8, 4) is 0 Å². The third-order valence-corrected chi connectivity index (χ3v) is 4.91. The summed E-state index contributed by atoms with van der Waals surface area (Å²) in [5.41, 5.74) is -0.731. The summed E-state index contributed by atoms with van der Waals surface area (Å²) in [6.45, 7) is 0.945. The zero-order valence-corrected chi connectivity index (χ0v) is 16.0. The van der Waals surface area contributed by atoms with Gasteiger partial charge in [0, 0.05) is 25.2 Å². The molecule has 29 heavy (non-hydrogen) atoms. The molecule has 1 fully saturated rings. The molecule has 0 aliphatic carbocycles. The van der Waals surface area contributed by atoms with Crippen LogP contribution in [0.4, 0.5) is 13.2 Å². The minimum absolute atomic E-state index is 0.122. The second-order valence-corrected chi connectivity index (χ2v) is 7.03. The van der Waals surface area contributed by atoms with Gasteiger partial charge in [0.1, 0.15) is 0 Å². The van der Waals surface area contributed by atoms with Gasteiger partial charge in [0.25, 0.3) is 5.91 Å². The van der Waals surface area contributed by atoms with Crippen molar-refractivity contribution in [1.29, 1.82) is 0 Å². The van der Waals surface area contributed by atoms with Crippen LogP contribution < -0.4 is 5.32 Å². The molecule has 9 heteroatoms. The lowest BCUT2D eigenvalue weighted by Crippen LogP contribution is -2.46. The quantitative estimate of drug-likeness (QED) is 0.738. The number of alkyl halides is 3. The van der Waals surface area contributed by atoms with Gasteiger partial charge < -0.3 is 14.6 Å². The van der Waals surface area contributed by atoms with Gasteiger partial charge in [-0.25, -0.2) is 0 Å². The van der Waals surface area contributed by atoms with E-state index >= 15 is 0 Å². The Morgan fingerprint density at radius 2 is 1.93 bits per heavy atom. The van der Waals surface area contributed by atoms with Crippen LogP contribution in [0.15, 0.2) is 47.1 Å². The number of furan rings is 1. The SMILES string of the molecule is O=C(/C=C/c1ccc(Cl)c(C(F)(F)F)c1)NC1CCN(C(=O)c2ccco2)CC1. The molecule has 3 rings (SSSR count). The highest BCUT2D eigenvalue weighted by molar-refractivity contribution is 6.31. The molecule has 0 atom stereocenters. The summed E-state index contributed by atoms with van der Waals surface area (Å²) in [4.78, 5) is 26.0. The molecule has 1 saturated heterocycles. The number of carbonyl (C=O) groups excluding carboxylic acids is 2. The van der Waals surface area contributed by atoms with Crippen LogP contribution in [-0.4, -0.2) is 35.8 Å². The number of amides is 2. The minimum atomic E-state index is -4.57. The predicted octanol–water partition coefficient (Wildman–Crippen LogP) is 4.39. The lowest BCUT2D eigenvalue weighted by molar-refractivity contribution is -0.137. The third-order valence-electron chi connectivity index (χ3n) is 4.58. The zero-order valence-electron chi connectivity index (χ0n) is 15.2. The Balaban J connectivity index is 1.52. The van der Waals surface area contributed by atoms with Crippen molar-refractivity contribution in [2.75, 3.05) is 13.1 Å². The largest absolute Gasteiger partial charge is 0.459 e. The van der Waals surface area contributed by atoms with Crippen LogP contribution in [0, 0.1) is 0 Å². The molecule has 1 aliphatic heterocycles. The fraction of sp³-hybridized carbons (Fsp3) is 0.300. The fourth-order valence-electron chi connectivity index (χ4n) is 3.07. The first-order valence-electron chi connectivity index (χ1n) is 8.92. The van der Waals surface area contributed by atoms with Crippen LogP contribution >= 0.6 is 11.6 Å². The standard InChI is InChI=1S/C20H18ClF3N2O3/c21-16-5-3-13(12-15(16)20(22,23)24)4-6-18(27)25-14-7-9-26(10-8-14)19(28)17-2-1-11-29-17/h1-6,11-12,14H,7-10H2,(H,25,27)/b6-4+. The van der Waals surface area contributed by atoms with E-state index in [1.807, 2.05) is 0 Å². The maximum atomic E-state index is 12.9. The molecule has 2 amide bonds. The van der Waals surface area contributed by atoms with Gasteiger partial charge in [-0.3, -0.25) is 9.59 Å². The molecule has 2 heterocycles. The number of carbonyl (C=O) groups is 2. The number of halogens is 4. The molecule has 154 valence electrons. The number of piperidine rings is 1. The smallest absolute Gasteiger partial charge is 0.417 e. The van der Waals surface area contributed by atoms with Crippen molar-refractivity contribution in [3.05, 3.63) is 64.6 Å². The summed E-state index contributed by atoms with van der Waals surface area (Å²) in [5.74, 6) is -0.330. The molecule has 1 aromatic heterocycles. The van der Waals surface area contributed by atoms with Crippen molar-refractivity contribution in [1.82, 2.24) is 10.2 Å². The second kappa shape index (κ2) is 8.73. The molecule has 0 unspecified atom stereocenters. The minimum Gasteiger partial charge on any atom is -0.459 e. The van der Waals surface area contributed by atoms with Crippen LogP contribution in [0.3, 0.4) is 0 Å². The van der Waals surface area contributed by atoms with E-state index < -0.39 is 22.7 Å². The Bertz CT molecular complexity index is 902. The maximum Gasteiger partial charge on any atom is 0.417 e. The molecule has 0 spiro atoms. The summed E-state index contributed by atoms with van der Waals surface area (Å²) in [6, 6.07) is 6.56. The first kappa shape index (κ1) is 21.0. The number of hydrogen-bond donors (Lipinski definition) is 1. The van der Waals surface area contributed by atoms with Crippen molar-refractivity contribution < 1.29 is 27.2 Å². The van der Waals surface area contributed by atoms with E-state index in [4.69, 9.17) is 16.0 Å². The van der Waals surface area contributed by atoms with Crippen molar-refractivity contribution in [3.63, 3.8) is 0 Å². The van der Waals surface area contributed by atoms with Crippen LogP contribution in [0.1, 0.15) is 34.5 Å². The Hall–Kier alpha value is -2.74. The van der Waals surface area contributed by atoms with E-state index in [-0.39, 0.29) is 23.3 Å². The Morgan fingerprint density at radius 3 is 2.55 bits per heavy atom. The number of benzene rings is 1. The fourth-order valence-corrected chi connectivity index (χ4v) is 3.29. The number of likely N-dealkylation sites (tertiary alicyclic amines) is 1. The third kappa shape index (κ3) is 5.41. The molecular weight excluding hydrogens is 409 g/mol. The summed E-state index contributed by atoms with van der Waals surface area (Å²) in [6.07, 6.45) is 0.506. The summed E-state index contributed by atoms with van der Waals surface area (Å²) < 4.78 is 43.8. The van der Waals surface area contributed by atoms with E-state index in [0.29, 0.717) is 25.9 Å². The number of nitrogens with one attached hydrogen (secondary N) is 1. The Morgan fingerprint density at radius 1 is 1.21 bits per heavy atom. The van der Waals surface area contributed by atoms with Gasteiger partial charge in [-0.15, -0.1) is 0 Å². The van der Waals surface area contributed by atoms with Crippen molar-refractivity contribution in [2.24, 2.45) is 0 Å². The molecular formula is C20H18ClF3N2O3. The zero-order chi connectivity index (χ0) is 21.0. The molecule has 0 radical (unpaired) electrons. The average molecular weight is 427 g/mol. The maximum absolute atomic E-state index is 12.9. The van der Waals surface area contributed by atoms with Gasteiger partial charge in [0.2, 0.25) is 5.91 Å².